The number of hydrogen-bond donors (Lipinski definition) is 0. The molecule has 4 heteroatoms. The third-order valence-electron chi connectivity index (χ3n) is 2.80. The van der Waals surface area contributed by atoms with E-state index in [9.17, 15) is 0 Å². The molecular weight excluding hydrogens is 271 g/mol. The molecule has 0 saturated carbocycles. The SMILES string of the molecule is Clc1cccc(Cl)c1-c1cccc2c1OCCO2. The lowest BCUT2D eigenvalue weighted by Gasteiger charge is -2.21. The molecule has 2 aromatic rings. The van der Waals surface area contributed by atoms with E-state index in [-0.39, 0.29) is 0 Å². The Morgan fingerprint density at radius 1 is 0.833 bits per heavy atom. The van der Waals surface area contributed by atoms with Crippen molar-refractivity contribution in [1.82, 2.24) is 0 Å². The van der Waals surface area contributed by atoms with Crippen molar-refractivity contribution in [3.63, 3.8) is 0 Å². The first kappa shape index (κ1) is 11.7. The van der Waals surface area contributed by atoms with Crippen molar-refractivity contribution < 1.29 is 9.47 Å². The molecule has 3 rings (SSSR count). The fourth-order valence-corrected chi connectivity index (χ4v) is 2.63. The summed E-state index contributed by atoms with van der Waals surface area (Å²) in [6, 6.07) is 11.2. The Kier molecular flexibility index (Phi) is 3.06. The number of halogens is 2. The lowest BCUT2D eigenvalue weighted by Crippen LogP contribution is -2.15. The van der Waals surface area contributed by atoms with Gasteiger partial charge >= 0.3 is 0 Å². The smallest absolute Gasteiger partial charge is 0.169 e. The van der Waals surface area contributed by atoms with E-state index in [0.717, 1.165) is 16.9 Å². The highest BCUT2D eigenvalue weighted by molar-refractivity contribution is 6.39. The van der Waals surface area contributed by atoms with Gasteiger partial charge in [-0.25, -0.2) is 0 Å². The summed E-state index contributed by atoms with van der Waals surface area (Å²) in [5, 5.41) is 1.20. The molecule has 2 aromatic carbocycles. The zero-order valence-corrected chi connectivity index (χ0v) is 11.0. The van der Waals surface area contributed by atoms with E-state index in [1.165, 1.54) is 0 Å². The second-order valence-corrected chi connectivity index (χ2v) is 4.74. The Morgan fingerprint density at radius 3 is 2.28 bits per heavy atom. The van der Waals surface area contributed by atoms with Crippen molar-refractivity contribution in [2.24, 2.45) is 0 Å². The number of hydrogen-bond acceptors (Lipinski definition) is 2. The van der Waals surface area contributed by atoms with Crippen LogP contribution in [0.25, 0.3) is 11.1 Å². The lowest BCUT2D eigenvalue weighted by atomic mass is 10.0. The molecule has 0 bridgehead atoms. The Bertz CT molecular complexity index is 576. The number of benzene rings is 2. The first-order valence-corrected chi connectivity index (χ1v) is 6.36. The summed E-state index contributed by atoms with van der Waals surface area (Å²) >= 11 is 12.5. The molecular formula is C14H10Cl2O2. The van der Waals surface area contributed by atoms with Crippen LogP contribution in [0.5, 0.6) is 11.5 Å². The van der Waals surface area contributed by atoms with E-state index in [2.05, 4.69) is 0 Å². The molecule has 92 valence electrons. The molecule has 0 fully saturated rings. The molecule has 0 atom stereocenters. The molecule has 0 aliphatic carbocycles. The van der Waals surface area contributed by atoms with E-state index >= 15 is 0 Å². The molecule has 18 heavy (non-hydrogen) atoms. The molecule has 0 unspecified atom stereocenters. The topological polar surface area (TPSA) is 18.5 Å². The number of para-hydroxylation sites is 1. The Balaban J connectivity index is 2.23. The van der Waals surface area contributed by atoms with Crippen molar-refractivity contribution in [3.05, 3.63) is 46.4 Å². The fourth-order valence-electron chi connectivity index (χ4n) is 2.03. The maximum Gasteiger partial charge on any atom is 0.169 e. The second kappa shape index (κ2) is 4.71. The molecule has 0 amide bonds. The number of fused-ring (bicyclic) bond motifs is 1. The summed E-state index contributed by atoms with van der Waals surface area (Å²) in [5.74, 6) is 1.44. The van der Waals surface area contributed by atoms with E-state index in [4.69, 9.17) is 32.7 Å². The monoisotopic (exact) mass is 280 g/mol. The highest BCUT2D eigenvalue weighted by atomic mass is 35.5. The standard InChI is InChI=1S/C14H10Cl2O2/c15-10-4-2-5-11(16)13(10)9-3-1-6-12-14(9)18-8-7-17-12/h1-6H,7-8H2. The van der Waals surface area contributed by atoms with Gasteiger partial charge in [0, 0.05) is 11.1 Å². The average Bonchev–Trinajstić information content (AvgIpc) is 2.39. The Morgan fingerprint density at radius 2 is 1.50 bits per heavy atom. The maximum atomic E-state index is 6.23. The van der Waals surface area contributed by atoms with Crippen LogP contribution >= 0.6 is 23.2 Å². The van der Waals surface area contributed by atoms with E-state index in [1.807, 2.05) is 36.4 Å². The van der Waals surface area contributed by atoms with Crippen LogP contribution in [0.15, 0.2) is 36.4 Å². The quantitative estimate of drug-likeness (QED) is 0.769. The molecule has 1 aliphatic heterocycles. The van der Waals surface area contributed by atoms with Gasteiger partial charge in [0.15, 0.2) is 11.5 Å². The molecule has 0 N–H and O–H groups in total. The number of ether oxygens (including phenoxy) is 2. The molecule has 0 aromatic heterocycles. The lowest BCUT2D eigenvalue weighted by molar-refractivity contribution is 0.172. The first-order valence-electron chi connectivity index (χ1n) is 5.60. The van der Waals surface area contributed by atoms with Crippen LogP contribution in [-0.2, 0) is 0 Å². The Hall–Kier alpha value is -1.38. The predicted octanol–water partition coefficient (Wildman–Crippen LogP) is 4.43. The van der Waals surface area contributed by atoms with E-state index < -0.39 is 0 Å². The van der Waals surface area contributed by atoms with Crippen LogP contribution in [0.2, 0.25) is 10.0 Å². The van der Waals surface area contributed by atoms with Gasteiger partial charge in [0.2, 0.25) is 0 Å². The van der Waals surface area contributed by atoms with Crippen molar-refractivity contribution in [2.45, 2.75) is 0 Å². The third-order valence-corrected chi connectivity index (χ3v) is 3.43. The van der Waals surface area contributed by atoms with Crippen LogP contribution in [-0.4, -0.2) is 13.2 Å². The summed E-state index contributed by atoms with van der Waals surface area (Å²) in [5.41, 5.74) is 1.64. The Labute approximate surface area is 115 Å². The minimum atomic E-state index is 0.534. The van der Waals surface area contributed by atoms with Crippen LogP contribution < -0.4 is 9.47 Å². The van der Waals surface area contributed by atoms with Crippen LogP contribution in [0.1, 0.15) is 0 Å². The van der Waals surface area contributed by atoms with Crippen LogP contribution in [0.3, 0.4) is 0 Å². The normalized spacial score (nSPS) is 13.4. The van der Waals surface area contributed by atoms with E-state index in [0.29, 0.717) is 29.0 Å². The molecule has 1 aliphatic rings. The summed E-state index contributed by atoms with van der Waals surface area (Å²) in [7, 11) is 0. The summed E-state index contributed by atoms with van der Waals surface area (Å²) in [6.07, 6.45) is 0. The largest absolute Gasteiger partial charge is 0.486 e. The van der Waals surface area contributed by atoms with Gasteiger partial charge in [0.25, 0.3) is 0 Å². The van der Waals surface area contributed by atoms with Gasteiger partial charge in [-0.2, -0.15) is 0 Å². The zero-order chi connectivity index (χ0) is 12.5. The molecule has 0 spiro atoms. The highest BCUT2D eigenvalue weighted by Gasteiger charge is 2.19. The highest BCUT2D eigenvalue weighted by Crippen LogP contribution is 2.44. The maximum absolute atomic E-state index is 6.23. The minimum Gasteiger partial charge on any atom is -0.486 e. The van der Waals surface area contributed by atoms with Crippen molar-refractivity contribution in [1.29, 1.82) is 0 Å². The van der Waals surface area contributed by atoms with Gasteiger partial charge in [-0.3, -0.25) is 0 Å². The molecule has 2 nitrogen and oxygen atoms in total. The van der Waals surface area contributed by atoms with Crippen LogP contribution in [0.4, 0.5) is 0 Å². The number of rotatable bonds is 1. The van der Waals surface area contributed by atoms with Crippen LogP contribution in [0, 0.1) is 0 Å². The van der Waals surface area contributed by atoms with Gasteiger partial charge in [-0.15, -0.1) is 0 Å². The van der Waals surface area contributed by atoms with Gasteiger partial charge in [0.1, 0.15) is 13.2 Å². The molecule has 1 heterocycles. The molecule has 0 saturated heterocycles. The average molecular weight is 281 g/mol. The molecule has 0 radical (unpaired) electrons. The van der Waals surface area contributed by atoms with Gasteiger partial charge in [-0.1, -0.05) is 41.4 Å². The van der Waals surface area contributed by atoms with Crippen molar-refractivity contribution >= 4 is 23.2 Å². The fraction of sp³-hybridized carbons (Fsp3) is 0.143. The van der Waals surface area contributed by atoms with Gasteiger partial charge in [0.05, 0.1) is 10.0 Å². The minimum absolute atomic E-state index is 0.534. The van der Waals surface area contributed by atoms with Gasteiger partial charge in [-0.05, 0) is 18.2 Å². The van der Waals surface area contributed by atoms with Crippen molar-refractivity contribution in [2.75, 3.05) is 13.2 Å². The predicted molar refractivity (Wildman–Crippen MR) is 72.9 cm³/mol. The van der Waals surface area contributed by atoms with E-state index in [1.54, 1.807) is 0 Å². The summed E-state index contributed by atoms with van der Waals surface area (Å²) in [4.78, 5) is 0. The summed E-state index contributed by atoms with van der Waals surface area (Å²) < 4.78 is 11.2. The second-order valence-electron chi connectivity index (χ2n) is 3.93. The van der Waals surface area contributed by atoms with Gasteiger partial charge < -0.3 is 9.47 Å². The zero-order valence-electron chi connectivity index (χ0n) is 9.45. The third kappa shape index (κ3) is 1.92. The summed E-state index contributed by atoms with van der Waals surface area (Å²) in [6.45, 7) is 1.10. The van der Waals surface area contributed by atoms with Crippen molar-refractivity contribution in [3.8, 4) is 22.6 Å². The first-order chi connectivity index (χ1) is 8.77.